The van der Waals surface area contributed by atoms with Crippen molar-refractivity contribution in [1.82, 2.24) is 5.32 Å². The van der Waals surface area contributed by atoms with Gasteiger partial charge in [-0.2, -0.15) is 0 Å². The maximum absolute atomic E-state index is 13.3. The Morgan fingerprint density at radius 2 is 2.08 bits per heavy atom. The van der Waals surface area contributed by atoms with E-state index < -0.39 is 6.10 Å². The normalized spacial score (nSPS) is 17.5. The van der Waals surface area contributed by atoms with Crippen molar-refractivity contribution in [1.29, 1.82) is 0 Å². The van der Waals surface area contributed by atoms with Crippen LogP contribution in [0.5, 0.6) is 5.75 Å². The monoisotopic (exact) mass is 329 g/mol. The molecule has 2 N–H and O–H groups in total. The van der Waals surface area contributed by atoms with Gasteiger partial charge in [0.15, 0.2) is 0 Å². The molecule has 2 aromatic carbocycles. The van der Waals surface area contributed by atoms with Crippen molar-refractivity contribution in [3.05, 3.63) is 65.5 Å². The second-order valence-electron chi connectivity index (χ2n) is 5.97. The van der Waals surface area contributed by atoms with Gasteiger partial charge in [-0.3, -0.25) is 4.79 Å². The van der Waals surface area contributed by atoms with E-state index in [2.05, 4.69) is 5.32 Å². The van der Waals surface area contributed by atoms with Gasteiger partial charge in [-0.25, -0.2) is 4.39 Å². The Morgan fingerprint density at radius 3 is 2.88 bits per heavy atom. The first kappa shape index (κ1) is 16.5. The maximum atomic E-state index is 13.3. The number of hydrogen-bond donors (Lipinski definition) is 2. The number of fused-ring (bicyclic) bond motifs is 1. The van der Waals surface area contributed by atoms with E-state index in [9.17, 15) is 14.3 Å². The summed E-state index contributed by atoms with van der Waals surface area (Å²) < 4.78 is 18.8. The van der Waals surface area contributed by atoms with E-state index >= 15 is 0 Å². The summed E-state index contributed by atoms with van der Waals surface area (Å²) in [5, 5.41) is 12.9. The largest absolute Gasteiger partial charge is 0.492 e. The number of ether oxygens (including phenoxy) is 1. The third-order valence-corrected chi connectivity index (χ3v) is 4.20. The molecule has 0 radical (unpaired) electrons. The highest BCUT2D eigenvalue weighted by Crippen LogP contribution is 2.28. The molecule has 0 aliphatic carbocycles. The van der Waals surface area contributed by atoms with Crippen LogP contribution in [-0.2, 0) is 11.2 Å². The minimum atomic E-state index is -0.607. The summed E-state index contributed by atoms with van der Waals surface area (Å²) in [4.78, 5) is 12.2. The lowest BCUT2D eigenvalue weighted by Gasteiger charge is -2.24. The molecule has 2 unspecified atom stereocenters. The lowest BCUT2D eigenvalue weighted by Crippen LogP contribution is -2.38. The first-order valence-electron chi connectivity index (χ1n) is 8.05. The molecule has 126 valence electrons. The van der Waals surface area contributed by atoms with Crippen LogP contribution in [0.1, 0.15) is 23.7 Å². The molecule has 2 aromatic rings. The van der Waals surface area contributed by atoms with Crippen molar-refractivity contribution in [3.63, 3.8) is 0 Å². The fourth-order valence-electron chi connectivity index (χ4n) is 2.85. The van der Waals surface area contributed by atoms with Crippen LogP contribution < -0.4 is 10.1 Å². The Balaban J connectivity index is 1.49. The summed E-state index contributed by atoms with van der Waals surface area (Å²) in [7, 11) is 0. The Bertz CT molecular complexity index is 705. The number of aliphatic hydroxyl groups is 1. The molecular weight excluding hydrogens is 309 g/mol. The SMILES string of the molecule is O=C(NCCC(O)c1ccccc1)C1COc2ccc(F)cc2C1. The van der Waals surface area contributed by atoms with E-state index in [1.807, 2.05) is 30.3 Å². The second-order valence-corrected chi connectivity index (χ2v) is 5.97. The number of aliphatic hydroxyl groups excluding tert-OH is 1. The van der Waals surface area contributed by atoms with E-state index in [-0.39, 0.29) is 24.2 Å². The molecule has 4 nitrogen and oxygen atoms in total. The van der Waals surface area contributed by atoms with Crippen LogP contribution in [0.3, 0.4) is 0 Å². The number of amides is 1. The Kier molecular flexibility index (Phi) is 5.11. The Morgan fingerprint density at radius 1 is 1.29 bits per heavy atom. The quantitative estimate of drug-likeness (QED) is 0.886. The number of halogens is 1. The topological polar surface area (TPSA) is 58.6 Å². The highest BCUT2D eigenvalue weighted by atomic mass is 19.1. The minimum absolute atomic E-state index is 0.134. The number of hydrogen-bond acceptors (Lipinski definition) is 3. The average molecular weight is 329 g/mol. The van der Waals surface area contributed by atoms with E-state index in [1.54, 1.807) is 6.07 Å². The summed E-state index contributed by atoms with van der Waals surface area (Å²) in [6, 6.07) is 13.7. The zero-order chi connectivity index (χ0) is 16.9. The third-order valence-electron chi connectivity index (χ3n) is 4.20. The van der Waals surface area contributed by atoms with Crippen LogP contribution in [0.4, 0.5) is 4.39 Å². The van der Waals surface area contributed by atoms with Crippen molar-refractivity contribution in [2.45, 2.75) is 18.9 Å². The molecule has 5 heteroatoms. The van der Waals surface area contributed by atoms with Crippen molar-refractivity contribution < 1.29 is 19.0 Å². The number of nitrogens with one attached hydrogen (secondary N) is 1. The van der Waals surface area contributed by atoms with Crippen molar-refractivity contribution in [2.24, 2.45) is 5.92 Å². The first-order valence-corrected chi connectivity index (χ1v) is 8.05. The molecule has 1 heterocycles. The van der Waals surface area contributed by atoms with Gasteiger partial charge >= 0.3 is 0 Å². The molecule has 0 aromatic heterocycles. The first-order chi connectivity index (χ1) is 11.6. The van der Waals surface area contributed by atoms with Gasteiger partial charge in [0.1, 0.15) is 18.2 Å². The molecule has 1 amide bonds. The summed E-state index contributed by atoms with van der Waals surface area (Å²) >= 11 is 0. The standard InChI is InChI=1S/C19H20FNO3/c20-16-6-7-18-14(11-16)10-15(12-24-18)19(23)21-9-8-17(22)13-4-2-1-3-5-13/h1-7,11,15,17,22H,8-10,12H2,(H,21,23). The van der Waals surface area contributed by atoms with Crippen LogP contribution in [0.15, 0.2) is 48.5 Å². The summed E-state index contributed by atoms with van der Waals surface area (Å²) in [5.41, 5.74) is 1.54. The fraction of sp³-hybridized carbons (Fsp3) is 0.316. The van der Waals surface area contributed by atoms with Gasteiger partial charge in [-0.05, 0) is 42.2 Å². The Labute approximate surface area is 140 Å². The van der Waals surface area contributed by atoms with E-state index in [0.29, 0.717) is 30.7 Å². The van der Waals surface area contributed by atoms with Gasteiger partial charge in [0.05, 0.1) is 12.0 Å². The van der Waals surface area contributed by atoms with Crippen LogP contribution in [-0.4, -0.2) is 24.2 Å². The highest BCUT2D eigenvalue weighted by molar-refractivity contribution is 5.79. The molecule has 1 aliphatic rings. The average Bonchev–Trinajstić information content (AvgIpc) is 2.61. The number of carbonyl (C=O) groups excluding carboxylic acids is 1. The fourth-order valence-corrected chi connectivity index (χ4v) is 2.85. The number of rotatable bonds is 5. The molecule has 0 saturated carbocycles. The third kappa shape index (κ3) is 3.92. The predicted molar refractivity (Wildman–Crippen MR) is 88.1 cm³/mol. The maximum Gasteiger partial charge on any atom is 0.226 e. The lowest BCUT2D eigenvalue weighted by atomic mass is 9.96. The highest BCUT2D eigenvalue weighted by Gasteiger charge is 2.26. The molecule has 24 heavy (non-hydrogen) atoms. The van der Waals surface area contributed by atoms with Gasteiger partial charge in [0, 0.05) is 6.54 Å². The summed E-state index contributed by atoms with van der Waals surface area (Å²) in [6.45, 7) is 0.660. The molecule has 0 spiro atoms. The van der Waals surface area contributed by atoms with Gasteiger partial charge in [0.25, 0.3) is 0 Å². The van der Waals surface area contributed by atoms with Crippen LogP contribution in [0, 0.1) is 11.7 Å². The van der Waals surface area contributed by atoms with Gasteiger partial charge < -0.3 is 15.2 Å². The lowest BCUT2D eigenvalue weighted by molar-refractivity contribution is -0.126. The molecule has 0 saturated heterocycles. The van der Waals surface area contributed by atoms with Crippen molar-refractivity contribution in [2.75, 3.05) is 13.2 Å². The van der Waals surface area contributed by atoms with Crippen molar-refractivity contribution >= 4 is 5.91 Å². The van der Waals surface area contributed by atoms with E-state index in [0.717, 1.165) is 5.56 Å². The Hall–Kier alpha value is -2.40. The molecule has 2 atom stereocenters. The summed E-state index contributed by atoms with van der Waals surface area (Å²) in [5.74, 6) is -0.164. The van der Waals surface area contributed by atoms with Crippen LogP contribution >= 0.6 is 0 Å². The van der Waals surface area contributed by atoms with Gasteiger partial charge in [-0.15, -0.1) is 0 Å². The van der Waals surface area contributed by atoms with Crippen molar-refractivity contribution in [3.8, 4) is 5.75 Å². The number of benzene rings is 2. The molecule has 3 rings (SSSR count). The van der Waals surface area contributed by atoms with Crippen LogP contribution in [0.2, 0.25) is 0 Å². The van der Waals surface area contributed by atoms with Gasteiger partial charge in [-0.1, -0.05) is 30.3 Å². The molecule has 1 aliphatic heterocycles. The molecular formula is C19H20FNO3. The van der Waals surface area contributed by atoms with E-state index in [4.69, 9.17) is 4.74 Å². The second kappa shape index (κ2) is 7.45. The summed E-state index contributed by atoms with van der Waals surface area (Å²) in [6.07, 6.45) is 0.290. The predicted octanol–water partition coefficient (Wildman–Crippen LogP) is 2.62. The van der Waals surface area contributed by atoms with Gasteiger partial charge in [0.2, 0.25) is 5.91 Å². The smallest absolute Gasteiger partial charge is 0.226 e. The zero-order valence-electron chi connectivity index (χ0n) is 13.2. The molecule has 0 bridgehead atoms. The minimum Gasteiger partial charge on any atom is -0.492 e. The van der Waals surface area contributed by atoms with Crippen LogP contribution in [0.25, 0.3) is 0 Å². The zero-order valence-corrected chi connectivity index (χ0v) is 13.2. The molecule has 0 fully saturated rings. The van der Waals surface area contributed by atoms with E-state index in [1.165, 1.54) is 12.1 Å². The number of carbonyl (C=O) groups is 1.